The lowest BCUT2D eigenvalue weighted by Crippen LogP contribution is -2.52. The molecule has 31 heavy (non-hydrogen) atoms. The Morgan fingerprint density at radius 3 is 2.65 bits per heavy atom. The topological polar surface area (TPSA) is 53.1 Å². The predicted octanol–water partition coefficient (Wildman–Crippen LogP) is 3.66. The Morgan fingerprint density at radius 1 is 1.13 bits per heavy atom. The first kappa shape index (κ1) is 20.4. The number of piperidine rings is 1. The van der Waals surface area contributed by atoms with Gasteiger partial charge in [-0.2, -0.15) is 0 Å². The number of thioether (sulfide) groups is 1. The summed E-state index contributed by atoms with van der Waals surface area (Å²) >= 11 is 1.43. The summed E-state index contributed by atoms with van der Waals surface area (Å²) in [6, 6.07) is 15.3. The van der Waals surface area contributed by atoms with Crippen LogP contribution in [0.3, 0.4) is 0 Å². The van der Waals surface area contributed by atoms with Gasteiger partial charge in [0.05, 0.1) is 25.2 Å². The molecule has 3 aliphatic rings. The van der Waals surface area contributed by atoms with Gasteiger partial charge in [0.2, 0.25) is 10.8 Å². The second kappa shape index (κ2) is 7.88. The molecule has 6 nitrogen and oxygen atoms in total. The van der Waals surface area contributed by atoms with Crippen molar-refractivity contribution < 1.29 is 14.3 Å². The van der Waals surface area contributed by atoms with Crippen LogP contribution in [0.15, 0.2) is 48.5 Å². The zero-order valence-corrected chi connectivity index (χ0v) is 18.7. The molecule has 0 aromatic heterocycles. The van der Waals surface area contributed by atoms with E-state index in [1.807, 2.05) is 53.4 Å². The third-order valence-corrected chi connectivity index (χ3v) is 7.86. The molecule has 0 aliphatic carbocycles. The van der Waals surface area contributed by atoms with Gasteiger partial charge in [-0.3, -0.25) is 24.3 Å². The molecule has 0 unspecified atom stereocenters. The number of carbonyl (C=O) groups is 2. The molecule has 3 heterocycles. The number of likely N-dealkylation sites (tertiary alicyclic amines) is 1. The highest BCUT2D eigenvalue weighted by Gasteiger charge is 2.61. The SMILES string of the molecule is COc1ccc(N2C(=O)CS[C@@]23C(=O)N(CN2CCC[C@H](C)C2)c2ccccc23)cc1. The van der Waals surface area contributed by atoms with E-state index < -0.39 is 4.87 Å². The lowest BCUT2D eigenvalue weighted by molar-refractivity contribution is -0.124. The van der Waals surface area contributed by atoms with Gasteiger partial charge in [0.1, 0.15) is 5.75 Å². The monoisotopic (exact) mass is 437 g/mol. The maximum Gasteiger partial charge on any atom is 0.269 e. The largest absolute Gasteiger partial charge is 0.497 e. The van der Waals surface area contributed by atoms with Gasteiger partial charge in [-0.15, -0.1) is 11.8 Å². The molecule has 2 atom stereocenters. The molecule has 7 heteroatoms. The van der Waals surface area contributed by atoms with Gasteiger partial charge in [-0.05, 0) is 55.6 Å². The van der Waals surface area contributed by atoms with E-state index in [9.17, 15) is 9.59 Å². The Balaban J connectivity index is 1.55. The van der Waals surface area contributed by atoms with Crippen molar-refractivity contribution in [3.63, 3.8) is 0 Å². The van der Waals surface area contributed by atoms with Crippen LogP contribution in [0, 0.1) is 5.92 Å². The van der Waals surface area contributed by atoms with E-state index in [1.165, 1.54) is 18.2 Å². The van der Waals surface area contributed by atoms with Crippen molar-refractivity contribution >= 4 is 35.0 Å². The molecule has 0 saturated carbocycles. The van der Waals surface area contributed by atoms with Crippen molar-refractivity contribution in [2.75, 3.05) is 42.4 Å². The lowest BCUT2D eigenvalue weighted by atomic mass is 10.0. The number of hydrogen-bond donors (Lipinski definition) is 0. The first-order valence-corrected chi connectivity index (χ1v) is 11.8. The summed E-state index contributed by atoms with van der Waals surface area (Å²) < 4.78 is 5.27. The van der Waals surface area contributed by atoms with E-state index in [4.69, 9.17) is 4.74 Å². The number of fused-ring (bicyclic) bond motifs is 2. The quantitative estimate of drug-likeness (QED) is 0.731. The number of methoxy groups -OCH3 is 1. The minimum Gasteiger partial charge on any atom is -0.497 e. The first-order chi connectivity index (χ1) is 15.0. The van der Waals surface area contributed by atoms with E-state index >= 15 is 0 Å². The fourth-order valence-electron chi connectivity index (χ4n) is 5.04. The lowest BCUT2D eigenvalue weighted by Gasteiger charge is -2.36. The van der Waals surface area contributed by atoms with Crippen molar-refractivity contribution in [1.29, 1.82) is 0 Å². The predicted molar refractivity (Wildman–Crippen MR) is 123 cm³/mol. The number of benzene rings is 2. The van der Waals surface area contributed by atoms with E-state index in [1.54, 1.807) is 12.0 Å². The summed E-state index contributed by atoms with van der Waals surface area (Å²) in [4.78, 5) is 32.0. The second-order valence-electron chi connectivity index (χ2n) is 8.58. The summed E-state index contributed by atoms with van der Waals surface area (Å²) in [6.45, 7) is 4.82. The fourth-order valence-corrected chi connectivity index (χ4v) is 6.40. The first-order valence-electron chi connectivity index (χ1n) is 10.8. The Bertz CT molecular complexity index is 1010. The highest BCUT2D eigenvalue weighted by Crippen LogP contribution is 2.55. The van der Waals surface area contributed by atoms with E-state index in [-0.39, 0.29) is 17.6 Å². The van der Waals surface area contributed by atoms with Crippen LogP contribution < -0.4 is 14.5 Å². The number of amides is 2. The molecule has 0 radical (unpaired) electrons. The highest BCUT2D eigenvalue weighted by atomic mass is 32.2. The fraction of sp³-hybridized carbons (Fsp3) is 0.417. The van der Waals surface area contributed by atoms with Gasteiger partial charge in [0.25, 0.3) is 5.91 Å². The molecule has 0 N–H and O–H groups in total. The van der Waals surface area contributed by atoms with Gasteiger partial charge in [-0.25, -0.2) is 0 Å². The van der Waals surface area contributed by atoms with Crippen LogP contribution in [-0.4, -0.2) is 49.3 Å². The summed E-state index contributed by atoms with van der Waals surface area (Å²) in [5.74, 6) is 1.55. The molecule has 2 aromatic rings. The van der Waals surface area contributed by atoms with Crippen molar-refractivity contribution in [3.05, 3.63) is 54.1 Å². The Hall–Kier alpha value is -2.51. The Kier molecular flexibility index (Phi) is 5.18. The Labute approximate surface area is 187 Å². The van der Waals surface area contributed by atoms with Crippen LogP contribution in [0.5, 0.6) is 5.75 Å². The maximum atomic E-state index is 14.1. The van der Waals surface area contributed by atoms with Gasteiger partial charge in [-0.1, -0.05) is 25.1 Å². The number of ether oxygens (including phenoxy) is 1. The molecule has 2 amide bonds. The van der Waals surface area contributed by atoms with E-state index in [0.717, 1.165) is 36.5 Å². The summed E-state index contributed by atoms with van der Waals surface area (Å²) in [6.07, 6.45) is 2.39. The molecular formula is C24H27N3O3S. The molecule has 2 saturated heterocycles. The summed E-state index contributed by atoms with van der Waals surface area (Å²) in [5.41, 5.74) is 2.52. The number of carbonyl (C=O) groups excluding carboxylic acids is 2. The van der Waals surface area contributed by atoms with E-state index in [2.05, 4.69) is 11.8 Å². The average molecular weight is 438 g/mol. The van der Waals surface area contributed by atoms with Crippen molar-refractivity contribution in [3.8, 4) is 5.75 Å². The minimum absolute atomic E-state index is 0.0291. The minimum atomic E-state index is -1.05. The number of para-hydroxylation sites is 1. The number of anilines is 2. The van der Waals surface area contributed by atoms with Crippen LogP contribution >= 0.6 is 11.8 Å². The number of rotatable bonds is 4. The second-order valence-corrected chi connectivity index (χ2v) is 9.74. The number of hydrogen-bond acceptors (Lipinski definition) is 5. The molecule has 2 fully saturated rings. The van der Waals surface area contributed by atoms with Crippen LogP contribution in [-0.2, 0) is 14.5 Å². The molecule has 0 bridgehead atoms. The summed E-state index contributed by atoms with van der Waals surface area (Å²) in [7, 11) is 1.61. The van der Waals surface area contributed by atoms with Gasteiger partial charge in [0.15, 0.2) is 0 Å². The van der Waals surface area contributed by atoms with Crippen molar-refractivity contribution in [2.45, 2.75) is 24.6 Å². The molecule has 5 rings (SSSR count). The van der Waals surface area contributed by atoms with Crippen molar-refractivity contribution in [1.82, 2.24) is 4.90 Å². The zero-order chi connectivity index (χ0) is 21.6. The van der Waals surface area contributed by atoms with Crippen LogP contribution in [0.2, 0.25) is 0 Å². The molecule has 2 aromatic carbocycles. The van der Waals surface area contributed by atoms with Crippen LogP contribution in [0.1, 0.15) is 25.3 Å². The normalized spacial score (nSPS) is 26.1. The Morgan fingerprint density at radius 2 is 1.90 bits per heavy atom. The third-order valence-electron chi connectivity index (χ3n) is 6.48. The van der Waals surface area contributed by atoms with Crippen LogP contribution in [0.25, 0.3) is 0 Å². The smallest absolute Gasteiger partial charge is 0.269 e. The van der Waals surface area contributed by atoms with Gasteiger partial charge in [0, 0.05) is 17.8 Å². The molecule has 162 valence electrons. The maximum absolute atomic E-state index is 14.1. The third kappa shape index (κ3) is 3.22. The molecular weight excluding hydrogens is 410 g/mol. The summed E-state index contributed by atoms with van der Waals surface area (Å²) in [5, 5.41) is 0. The number of nitrogens with zero attached hydrogens (tertiary/aromatic N) is 3. The average Bonchev–Trinajstić information content (AvgIpc) is 3.25. The molecule has 3 aliphatic heterocycles. The van der Waals surface area contributed by atoms with E-state index in [0.29, 0.717) is 18.3 Å². The van der Waals surface area contributed by atoms with Crippen molar-refractivity contribution in [2.24, 2.45) is 5.92 Å². The van der Waals surface area contributed by atoms with Gasteiger partial charge >= 0.3 is 0 Å². The van der Waals surface area contributed by atoms with Crippen LogP contribution in [0.4, 0.5) is 11.4 Å². The standard InChI is InChI=1S/C24H27N3O3S/c1-17-6-5-13-25(14-17)16-26-21-8-4-3-7-20(21)24(23(26)29)27(22(28)15-31-24)18-9-11-19(30-2)12-10-18/h3-4,7-12,17H,5-6,13-16H2,1-2H3/t17-,24-/m0/s1. The van der Waals surface area contributed by atoms with Gasteiger partial charge < -0.3 is 4.74 Å². The zero-order valence-electron chi connectivity index (χ0n) is 17.9. The highest BCUT2D eigenvalue weighted by molar-refractivity contribution is 8.02. The molecule has 1 spiro atoms.